The van der Waals surface area contributed by atoms with Gasteiger partial charge in [0.15, 0.2) is 0 Å². The quantitative estimate of drug-likeness (QED) is 0.428. The highest BCUT2D eigenvalue weighted by Crippen LogP contribution is 2.33. The zero-order valence-corrected chi connectivity index (χ0v) is 17.2. The number of benzene rings is 3. The SMILES string of the molecule is COc1ccc(-c2nn(CC(=O)Nc3ccccc3)c3c2cnc2ccc(F)cc23)cc1. The topological polar surface area (TPSA) is 69.0 Å². The number of aromatic nitrogens is 3. The second-order valence-electron chi connectivity index (χ2n) is 7.33. The minimum atomic E-state index is -0.376. The van der Waals surface area contributed by atoms with Crippen molar-refractivity contribution in [3.63, 3.8) is 0 Å². The van der Waals surface area contributed by atoms with Crippen LogP contribution < -0.4 is 10.1 Å². The van der Waals surface area contributed by atoms with E-state index in [1.54, 1.807) is 24.1 Å². The molecule has 0 saturated heterocycles. The van der Waals surface area contributed by atoms with Gasteiger partial charge in [0.05, 0.1) is 18.1 Å². The number of nitrogens with zero attached hydrogens (tertiary/aromatic N) is 3. The Kier molecular flexibility index (Phi) is 4.99. The van der Waals surface area contributed by atoms with Crippen LogP contribution in [0.3, 0.4) is 0 Å². The molecule has 0 aliphatic rings. The Hall–Kier alpha value is -4.26. The molecule has 5 rings (SSSR count). The van der Waals surface area contributed by atoms with Crippen molar-refractivity contribution in [3.05, 3.63) is 84.8 Å². The van der Waals surface area contributed by atoms with Crippen LogP contribution in [0.2, 0.25) is 0 Å². The van der Waals surface area contributed by atoms with E-state index in [0.717, 1.165) is 16.7 Å². The van der Waals surface area contributed by atoms with Crippen LogP contribution in [0.5, 0.6) is 5.75 Å². The van der Waals surface area contributed by atoms with Gasteiger partial charge >= 0.3 is 0 Å². The summed E-state index contributed by atoms with van der Waals surface area (Å²) in [6.07, 6.45) is 1.72. The minimum Gasteiger partial charge on any atom is -0.497 e. The molecule has 0 bridgehead atoms. The average molecular weight is 426 g/mol. The summed E-state index contributed by atoms with van der Waals surface area (Å²) in [7, 11) is 1.61. The molecule has 2 aromatic heterocycles. The van der Waals surface area contributed by atoms with E-state index in [1.165, 1.54) is 12.1 Å². The Balaban J connectivity index is 1.64. The van der Waals surface area contributed by atoms with E-state index in [-0.39, 0.29) is 18.3 Å². The van der Waals surface area contributed by atoms with Gasteiger partial charge in [-0.15, -0.1) is 0 Å². The third kappa shape index (κ3) is 3.65. The number of carbonyl (C=O) groups is 1. The highest BCUT2D eigenvalue weighted by molar-refractivity contribution is 6.08. The van der Waals surface area contributed by atoms with Crippen LogP contribution >= 0.6 is 0 Å². The van der Waals surface area contributed by atoms with Crippen LogP contribution in [-0.4, -0.2) is 27.8 Å². The van der Waals surface area contributed by atoms with Crippen molar-refractivity contribution in [1.82, 2.24) is 14.8 Å². The number of rotatable bonds is 5. The van der Waals surface area contributed by atoms with Crippen molar-refractivity contribution in [2.75, 3.05) is 12.4 Å². The first-order valence-corrected chi connectivity index (χ1v) is 10.1. The number of pyridine rings is 1. The highest BCUT2D eigenvalue weighted by Gasteiger charge is 2.18. The molecular weight excluding hydrogens is 407 g/mol. The summed E-state index contributed by atoms with van der Waals surface area (Å²) < 4.78 is 21.0. The number of ether oxygens (including phenoxy) is 1. The van der Waals surface area contributed by atoms with Gasteiger partial charge in [-0.05, 0) is 54.6 Å². The van der Waals surface area contributed by atoms with Crippen LogP contribution in [0.4, 0.5) is 10.1 Å². The van der Waals surface area contributed by atoms with Crippen molar-refractivity contribution in [1.29, 1.82) is 0 Å². The summed E-state index contributed by atoms with van der Waals surface area (Å²) in [5.74, 6) is 0.118. The van der Waals surface area contributed by atoms with Crippen molar-refractivity contribution >= 4 is 33.4 Å². The molecule has 0 unspecified atom stereocenters. The van der Waals surface area contributed by atoms with Crippen LogP contribution in [-0.2, 0) is 11.3 Å². The zero-order chi connectivity index (χ0) is 22.1. The fourth-order valence-electron chi connectivity index (χ4n) is 3.76. The first-order valence-electron chi connectivity index (χ1n) is 10.1. The normalized spacial score (nSPS) is 11.1. The molecule has 1 N–H and O–H groups in total. The number of amides is 1. The summed E-state index contributed by atoms with van der Waals surface area (Å²) in [4.78, 5) is 17.3. The Morgan fingerprint density at radius 3 is 2.56 bits per heavy atom. The summed E-state index contributed by atoms with van der Waals surface area (Å²) in [6.45, 7) is -0.0306. The molecule has 0 aliphatic carbocycles. The van der Waals surface area contributed by atoms with Gasteiger partial charge in [0, 0.05) is 28.2 Å². The molecule has 32 heavy (non-hydrogen) atoms. The van der Waals surface area contributed by atoms with Crippen molar-refractivity contribution < 1.29 is 13.9 Å². The number of hydrogen-bond donors (Lipinski definition) is 1. The summed E-state index contributed by atoms with van der Waals surface area (Å²) in [5, 5.41) is 8.94. The van der Waals surface area contributed by atoms with E-state index in [9.17, 15) is 9.18 Å². The largest absolute Gasteiger partial charge is 0.497 e. The number of nitrogens with one attached hydrogen (secondary N) is 1. The van der Waals surface area contributed by atoms with Crippen molar-refractivity contribution in [2.45, 2.75) is 6.54 Å². The number of halogens is 1. The van der Waals surface area contributed by atoms with Crippen molar-refractivity contribution in [2.24, 2.45) is 0 Å². The number of carbonyl (C=O) groups excluding carboxylic acids is 1. The molecule has 0 fully saturated rings. The van der Waals surface area contributed by atoms with Gasteiger partial charge in [-0.3, -0.25) is 14.5 Å². The third-order valence-corrected chi connectivity index (χ3v) is 5.25. The van der Waals surface area contributed by atoms with E-state index in [2.05, 4.69) is 10.3 Å². The van der Waals surface area contributed by atoms with E-state index in [1.807, 2.05) is 54.6 Å². The van der Waals surface area contributed by atoms with Gasteiger partial charge in [0.2, 0.25) is 5.91 Å². The third-order valence-electron chi connectivity index (χ3n) is 5.25. The predicted molar refractivity (Wildman–Crippen MR) is 122 cm³/mol. The molecule has 158 valence electrons. The summed E-state index contributed by atoms with van der Waals surface area (Å²) >= 11 is 0. The zero-order valence-electron chi connectivity index (χ0n) is 17.2. The maximum atomic E-state index is 14.1. The Morgan fingerprint density at radius 1 is 1.03 bits per heavy atom. The lowest BCUT2D eigenvalue weighted by Crippen LogP contribution is -2.19. The van der Waals surface area contributed by atoms with Gasteiger partial charge in [-0.25, -0.2) is 4.39 Å². The maximum Gasteiger partial charge on any atom is 0.246 e. The highest BCUT2D eigenvalue weighted by atomic mass is 19.1. The molecule has 0 saturated carbocycles. The number of hydrogen-bond acceptors (Lipinski definition) is 4. The molecule has 3 aromatic carbocycles. The number of para-hydroxylation sites is 1. The number of methoxy groups -OCH3 is 1. The molecule has 2 heterocycles. The summed E-state index contributed by atoms with van der Waals surface area (Å²) in [6, 6.07) is 21.1. The van der Waals surface area contributed by atoms with Crippen LogP contribution in [0, 0.1) is 5.82 Å². The molecule has 0 radical (unpaired) electrons. The number of fused-ring (bicyclic) bond motifs is 3. The molecule has 0 atom stereocenters. The van der Waals surface area contributed by atoms with Crippen LogP contribution in [0.1, 0.15) is 0 Å². The van der Waals surface area contributed by atoms with E-state index >= 15 is 0 Å². The predicted octanol–water partition coefficient (Wildman–Crippen LogP) is 5.04. The van der Waals surface area contributed by atoms with E-state index < -0.39 is 0 Å². The Labute approximate surface area is 183 Å². The fourth-order valence-corrected chi connectivity index (χ4v) is 3.76. The van der Waals surface area contributed by atoms with Gasteiger partial charge in [-0.1, -0.05) is 18.2 Å². The molecule has 0 aliphatic heterocycles. The molecule has 1 amide bonds. The molecule has 5 aromatic rings. The monoisotopic (exact) mass is 426 g/mol. The lowest BCUT2D eigenvalue weighted by Gasteiger charge is -2.07. The van der Waals surface area contributed by atoms with Gasteiger partial charge in [0.25, 0.3) is 0 Å². The van der Waals surface area contributed by atoms with Crippen molar-refractivity contribution in [3.8, 4) is 17.0 Å². The first-order chi connectivity index (χ1) is 15.6. The number of anilines is 1. The van der Waals surface area contributed by atoms with Gasteiger partial charge in [0.1, 0.15) is 23.8 Å². The molecule has 7 heteroatoms. The second-order valence-corrected chi connectivity index (χ2v) is 7.33. The molecule has 0 spiro atoms. The molecular formula is C25H19FN4O2. The lowest BCUT2D eigenvalue weighted by atomic mass is 10.1. The van der Waals surface area contributed by atoms with Gasteiger partial charge < -0.3 is 10.1 Å². The summed E-state index contributed by atoms with van der Waals surface area (Å²) in [5.41, 5.74) is 3.49. The Morgan fingerprint density at radius 2 is 1.81 bits per heavy atom. The van der Waals surface area contributed by atoms with Crippen LogP contribution in [0.25, 0.3) is 33.1 Å². The van der Waals surface area contributed by atoms with E-state index in [0.29, 0.717) is 27.8 Å². The standard InChI is InChI=1S/C25H19FN4O2/c1-32-19-10-7-16(8-11-19)24-21-14-27-22-12-9-17(26)13-20(22)25(21)30(29-24)15-23(31)28-18-5-3-2-4-6-18/h2-14H,15H2,1H3,(H,28,31). The smallest absolute Gasteiger partial charge is 0.246 e. The van der Waals surface area contributed by atoms with Gasteiger partial charge in [-0.2, -0.15) is 5.10 Å². The fraction of sp³-hybridized carbons (Fsp3) is 0.0800. The second kappa shape index (κ2) is 8.11. The lowest BCUT2D eigenvalue weighted by molar-refractivity contribution is -0.116. The van der Waals surface area contributed by atoms with E-state index in [4.69, 9.17) is 9.84 Å². The average Bonchev–Trinajstić information content (AvgIpc) is 3.18. The Bertz CT molecular complexity index is 1430. The van der Waals surface area contributed by atoms with Crippen LogP contribution in [0.15, 0.2) is 79.0 Å². The minimum absolute atomic E-state index is 0.0306. The molecule has 6 nitrogen and oxygen atoms in total. The first kappa shape index (κ1) is 19.7. The maximum absolute atomic E-state index is 14.1.